The van der Waals surface area contributed by atoms with E-state index in [1.165, 1.54) is 12.1 Å². The number of aromatic carboxylic acids is 1. The summed E-state index contributed by atoms with van der Waals surface area (Å²) in [6, 6.07) is 6.54. The van der Waals surface area contributed by atoms with Crippen LogP contribution in [-0.2, 0) is 0 Å². The maximum atomic E-state index is 10.7. The van der Waals surface area contributed by atoms with Gasteiger partial charge in [0, 0.05) is 6.54 Å². The van der Waals surface area contributed by atoms with Gasteiger partial charge in [-0.2, -0.15) is 5.26 Å². The average Bonchev–Trinajstić information content (AvgIpc) is 2.26. The number of hydrogen-bond donors (Lipinski definition) is 2. The Balaban J connectivity index is 3.07. The normalized spacial score (nSPS) is 9.50. The first-order valence-corrected chi connectivity index (χ1v) is 4.84. The summed E-state index contributed by atoms with van der Waals surface area (Å²) in [6.07, 6.45) is 0. The molecular formula is C11H13N3O2. The molecule has 0 amide bonds. The minimum Gasteiger partial charge on any atom is -0.478 e. The number of rotatable bonds is 4. The van der Waals surface area contributed by atoms with Gasteiger partial charge in [-0.3, -0.25) is 0 Å². The van der Waals surface area contributed by atoms with Gasteiger partial charge < -0.3 is 15.7 Å². The zero-order valence-electron chi connectivity index (χ0n) is 8.97. The molecule has 1 aromatic rings. The Morgan fingerprint density at radius 1 is 1.62 bits per heavy atom. The Morgan fingerprint density at radius 2 is 2.31 bits per heavy atom. The molecule has 0 aromatic heterocycles. The molecule has 0 radical (unpaired) electrons. The fourth-order valence-electron chi connectivity index (χ4n) is 1.43. The maximum absolute atomic E-state index is 10.7. The van der Waals surface area contributed by atoms with E-state index in [1.807, 2.05) is 13.0 Å². The lowest BCUT2D eigenvalue weighted by Crippen LogP contribution is -2.24. The number of carboxylic acid groups (broad SMARTS) is 1. The van der Waals surface area contributed by atoms with Crippen LogP contribution in [-0.4, -0.2) is 24.2 Å². The topological polar surface area (TPSA) is 90.3 Å². The van der Waals surface area contributed by atoms with E-state index in [4.69, 9.17) is 16.1 Å². The van der Waals surface area contributed by atoms with Crippen molar-refractivity contribution in [1.82, 2.24) is 0 Å². The van der Waals surface area contributed by atoms with Crippen LogP contribution in [0.2, 0.25) is 0 Å². The fraction of sp³-hybridized carbons (Fsp3) is 0.273. The Morgan fingerprint density at radius 3 is 2.75 bits per heavy atom. The molecule has 0 bridgehead atoms. The van der Waals surface area contributed by atoms with Gasteiger partial charge in [0.05, 0.1) is 23.0 Å². The van der Waals surface area contributed by atoms with Gasteiger partial charge in [-0.25, -0.2) is 4.79 Å². The molecule has 16 heavy (non-hydrogen) atoms. The Hall–Kier alpha value is -2.22. The molecule has 84 valence electrons. The van der Waals surface area contributed by atoms with E-state index in [9.17, 15) is 4.79 Å². The standard InChI is InChI=1S/C11H13N3O2/c1-2-14(6-5-12)10-4-3-8(11(15)16)7-9(10)13/h3-4,7H,2,6,13H2,1H3,(H,15,16). The van der Waals surface area contributed by atoms with Crippen LogP contribution in [0.25, 0.3) is 0 Å². The highest BCUT2D eigenvalue weighted by molar-refractivity contribution is 5.90. The van der Waals surface area contributed by atoms with Crippen molar-refractivity contribution in [2.24, 2.45) is 0 Å². The molecule has 0 unspecified atom stereocenters. The first kappa shape index (κ1) is 11.9. The number of nitrogens with zero attached hydrogens (tertiary/aromatic N) is 2. The summed E-state index contributed by atoms with van der Waals surface area (Å²) in [6.45, 7) is 2.78. The van der Waals surface area contributed by atoms with Crippen LogP contribution in [0.5, 0.6) is 0 Å². The van der Waals surface area contributed by atoms with Gasteiger partial charge >= 0.3 is 5.97 Å². The lowest BCUT2D eigenvalue weighted by Gasteiger charge is -2.21. The van der Waals surface area contributed by atoms with Crippen molar-refractivity contribution in [3.05, 3.63) is 23.8 Å². The Labute approximate surface area is 93.7 Å². The summed E-state index contributed by atoms with van der Waals surface area (Å²) in [5, 5.41) is 17.4. The molecule has 0 aliphatic carbocycles. The molecule has 0 fully saturated rings. The number of carboxylic acids is 1. The minimum atomic E-state index is -1.01. The summed E-state index contributed by atoms with van der Waals surface area (Å²) in [5.41, 5.74) is 6.96. The molecule has 0 aliphatic rings. The summed E-state index contributed by atoms with van der Waals surface area (Å²) in [4.78, 5) is 12.5. The predicted octanol–water partition coefficient (Wildman–Crippen LogP) is 1.32. The molecule has 3 N–H and O–H groups in total. The third-order valence-corrected chi connectivity index (χ3v) is 2.26. The van der Waals surface area contributed by atoms with Crippen molar-refractivity contribution in [2.75, 3.05) is 23.7 Å². The van der Waals surface area contributed by atoms with E-state index in [0.717, 1.165) is 0 Å². The highest BCUT2D eigenvalue weighted by Crippen LogP contribution is 2.24. The number of hydrogen-bond acceptors (Lipinski definition) is 4. The smallest absolute Gasteiger partial charge is 0.335 e. The molecule has 1 aromatic carbocycles. The first-order chi connectivity index (χ1) is 7.60. The largest absolute Gasteiger partial charge is 0.478 e. The van der Waals surface area contributed by atoms with E-state index >= 15 is 0 Å². The van der Waals surface area contributed by atoms with Crippen molar-refractivity contribution in [2.45, 2.75) is 6.92 Å². The number of carbonyl (C=O) groups is 1. The molecule has 5 nitrogen and oxygen atoms in total. The Bertz CT molecular complexity index is 437. The van der Waals surface area contributed by atoms with Crippen LogP contribution in [0.15, 0.2) is 18.2 Å². The lowest BCUT2D eigenvalue weighted by atomic mass is 10.1. The van der Waals surface area contributed by atoms with Gasteiger partial charge in [-0.15, -0.1) is 0 Å². The third-order valence-electron chi connectivity index (χ3n) is 2.26. The second kappa shape index (κ2) is 5.03. The molecular weight excluding hydrogens is 206 g/mol. The van der Waals surface area contributed by atoms with Crippen molar-refractivity contribution in [3.63, 3.8) is 0 Å². The molecule has 5 heteroatoms. The molecule has 0 atom stereocenters. The summed E-state index contributed by atoms with van der Waals surface area (Å²) in [7, 11) is 0. The Kier molecular flexibility index (Phi) is 3.72. The predicted molar refractivity (Wildman–Crippen MR) is 61.3 cm³/mol. The minimum absolute atomic E-state index is 0.147. The van der Waals surface area contributed by atoms with Crippen molar-refractivity contribution in [1.29, 1.82) is 5.26 Å². The average molecular weight is 219 g/mol. The summed E-state index contributed by atoms with van der Waals surface area (Å²) < 4.78 is 0. The van der Waals surface area contributed by atoms with Gasteiger partial charge in [0.25, 0.3) is 0 Å². The zero-order valence-corrected chi connectivity index (χ0v) is 8.97. The highest BCUT2D eigenvalue weighted by atomic mass is 16.4. The quantitative estimate of drug-likeness (QED) is 0.588. The van der Waals surface area contributed by atoms with Crippen LogP contribution in [0.3, 0.4) is 0 Å². The van der Waals surface area contributed by atoms with E-state index < -0.39 is 5.97 Å². The number of nitrogen functional groups attached to an aromatic ring is 1. The SMILES string of the molecule is CCN(CC#N)c1ccc(C(=O)O)cc1N. The van der Waals surface area contributed by atoms with E-state index in [0.29, 0.717) is 17.9 Å². The molecule has 0 heterocycles. The molecule has 0 spiro atoms. The first-order valence-electron chi connectivity index (χ1n) is 4.84. The van der Waals surface area contributed by atoms with E-state index in [1.54, 1.807) is 11.0 Å². The van der Waals surface area contributed by atoms with Crippen LogP contribution in [0.4, 0.5) is 11.4 Å². The van der Waals surface area contributed by atoms with Crippen LogP contribution in [0, 0.1) is 11.3 Å². The summed E-state index contributed by atoms with van der Waals surface area (Å²) >= 11 is 0. The lowest BCUT2D eigenvalue weighted by molar-refractivity contribution is 0.0697. The third kappa shape index (κ3) is 2.42. The van der Waals surface area contributed by atoms with Gasteiger partial charge in [0.1, 0.15) is 6.54 Å². The monoisotopic (exact) mass is 219 g/mol. The molecule has 0 saturated heterocycles. The number of nitrogens with two attached hydrogens (primary N) is 1. The molecule has 0 saturated carbocycles. The van der Waals surface area contributed by atoms with Crippen LogP contribution >= 0.6 is 0 Å². The second-order valence-electron chi connectivity index (χ2n) is 3.25. The molecule has 1 rings (SSSR count). The van der Waals surface area contributed by atoms with Gasteiger partial charge in [-0.1, -0.05) is 0 Å². The van der Waals surface area contributed by atoms with Crippen molar-refractivity contribution in [3.8, 4) is 6.07 Å². The van der Waals surface area contributed by atoms with Crippen LogP contribution in [0.1, 0.15) is 17.3 Å². The molecule has 0 aliphatic heterocycles. The number of anilines is 2. The van der Waals surface area contributed by atoms with E-state index in [-0.39, 0.29) is 12.1 Å². The van der Waals surface area contributed by atoms with Gasteiger partial charge in [0.15, 0.2) is 0 Å². The zero-order chi connectivity index (χ0) is 12.1. The number of nitriles is 1. The van der Waals surface area contributed by atoms with E-state index in [2.05, 4.69) is 0 Å². The van der Waals surface area contributed by atoms with Crippen molar-refractivity contribution < 1.29 is 9.90 Å². The van der Waals surface area contributed by atoms with Gasteiger partial charge in [-0.05, 0) is 25.1 Å². The second-order valence-corrected chi connectivity index (χ2v) is 3.25. The van der Waals surface area contributed by atoms with Crippen molar-refractivity contribution >= 4 is 17.3 Å². The van der Waals surface area contributed by atoms with Crippen LogP contribution < -0.4 is 10.6 Å². The highest BCUT2D eigenvalue weighted by Gasteiger charge is 2.10. The summed E-state index contributed by atoms with van der Waals surface area (Å²) in [5.74, 6) is -1.01. The maximum Gasteiger partial charge on any atom is 0.335 e. The fourth-order valence-corrected chi connectivity index (χ4v) is 1.43. The van der Waals surface area contributed by atoms with Gasteiger partial charge in [0.2, 0.25) is 0 Å². The number of benzene rings is 1.